The Morgan fingerprint density at radius 1 is 1.29 bits per heavy atom. The van der Waals surface area contributed by atoms with Crippen molar-refractivity contribution in [3.05, 3.63) is 52.3 Å². The molecule has 106 valence electrons. The van der Waals surface area contributed by atoms with Crippen molar-refractivity contribution in [2.45, 2.75) is 0 Å². The van der Waals surface area contributed by atoms with Crippen LogP contribution in [-0.4, -0.2) is 20.6 Å². The van der Waals surface area contributed by atoms with Crippen LogP contribution in [0, 0.1) is 5.82 Å². The van der Waals surface area contributed by atoms with Gasteiger partial charge in [0.05, 0.1) is 21.1 Å². The standard InChI is InChI=1S/C15H10BrFN2O2/c1-19-13-5-3-9(15(20)21)7-12(13)18-14(19)8-2-4-11(17)10(16)6-8/h2-7H,1H3,(H,20,21). The van der Waals surface area contributed by atoms with Crippen LogP contribution >= 0.6 is 15.9 Å². The maximum absolute atomic E-state index is 13.3. The molecule has 2 aromatic carbocycles. The van der Waals surface area contributed by atoms with Crippen molar-refractivity contribution in [3.8, 4) is 11.4 Å². The van der Waals surface area contributed by atoms with E-state index in [0.29, 0.717) is 15.8 Å². The van der Waals surface area contributed by atoms with Gasteiger partial charge in [-0.15, -0.1) is 0 Å². The predicted octanol–water partition coefficient (Wildman–Crippen LogP) is 3.84. The second-order valence-electron chi connectivity index (χ2n) is 4.63. The average molecular weight is 349 g/mol. The summed E-state index contributed by atoms with van der Waals surface area (Å²) in [5.74, 6) is -0.687. The van der Waals surface area contributed by atoms with Crippen molar-refractivity contribution in [2.75, 3.05) is 0 Å². The molecule has 0 radical (unpaired) electrons. The third-order valence-corrected chi connectivity index (χ3v) is 3.91. The molecule has 0 aliphatic rings. The third kappa shape index (κ3) is 2.31. The van der Waals surface area contributed by atoms with E-state index < -0.39 is 5.97 Å². The summed E-state index contributed by atoms with van der Waals surface area (Å²) in [4.78, 5) is 15.5. The fraction of sp³-hybridized carbons (Fsp3) is 0.0667. The quantitative estimate of drug-likeness (QED) is 0.765. The Labute approximate surface area is 128 Å². The van der Waals surface area contributed by atoms with Crippen molar-refractivity contribution in [1.82, 2.24) is 9.55 Å². The fourth-order valence-corrected chi connectivity index (χ4v) is 2.61. The summed E-state index contributed by atoms with van der Waals surface area (Å²) in [5.41, 5.74) is 2.34. The van der Waals surface area contributed by atoms with Gasteiger partial charge in [0.2, 0.25) is 0 Å². The first-order valence-corrected chi connectivity index (χ1v) is 6.92. The van der Waals surface area contributed by atoms with Crippen LogP contribution in [0.3, 0.4) is 0 Å². The van der Waals surface area contributed by atoms with Gasteiger partial charge in [-0.05, 0) is 52.3 Å². The molecule has 0 atom stereocenters. The number of nitrogens with zero attached hydrogens (tertiary/aromatic N) is 2. The number of aromatic carboxylic acids is 1. The number of hydrogen-bond acceptors (Lipinski definition) is 2. The van der Waals surface area contributed by atoms with E-state index in [9.17, 15) is 9.18 Å². The number of fused-ring (bicyclic) bond motifs is 1. The molecule has 1 aromatic heterocycles. The molecule has 0 saturated heterocycles. The maximum atomic E-state index is 13.3. The van der Waals surface area contributed by atoms with Crippen LogP contribution < -0.4 is 0 Å². The van der Waals surface area contributed by atoms with Gasteiger partial charge in [0.15, 0.2) is 0 Å². The average Bonchev–Trinajstić information content (AvgIpc) is 2.78. The topological polar surface area (TPSA) is 55.1 Å². The molecule has 0 saturated carbocycles. The lowest BCUT2D eigenvalue weighted by molar-refractivity contribution is 0.0697. The Morgan fingerprint density at radius 3 is 2.71 bits per heavy atom. The molecule has 0 aliphatic heterocycles. The smallest absolute Gasteiger partial charge is 0.335 e. The molecule has 6 heteroatoms. The van der Waals surface area contributed by atoms with Crippen LogP contribution in [0.15, 0.2) is 40.9 Å². The molecule has 3 aromatic rings. The number of aryl methyl sites for hydroxylation is 1. The molecule has 0 spiro atoms. The number of carboxylic acid groups (broad SMARTS) is 1. The predicted molar refractivity (Wildman–Crippen MR) is 80.8 cm³/mol. The molecule has 3 rings (SSSR count). The highest BCUT2D eigenvalue weighted by molar-refractivity contribution is 9.10. The summed E-state index contributed by atoms with van der Waals surface area (Å²) >= 11 is 3.15. The van der Waals surface area contributed by atoms with Crippen LogP contribution in [0.2, 0.25) is 0 Å². The van der Waals surface area contributed by atoms with E-state index >= 15 is 0 Å². The van der Waals surface area contributed by atoms with Crippen molar-refractivity contribution < 1.29 is 14.3 Å². The highest BCUT2D eigenvalue weighted by Gasteiger charge is 2.13. The summed E-state index contributed by atoms with van der Waals surface area (Å²) in [5, 5.41) is 9.02. The van der Waals surface area contributed by atoms with Gasteiger partial charge in [-0.25, -0.2) is 14.2 Å². The second-order valence-corrected chi connectivity index (χ2v) is 5.49. The molecule has 0 unspecified atom stereocenters. The Hall–Kier alpha value is -2.21. The Morgan fingerprint density at radius 2 is 2.05 bits per heavy atom. The molecule has 0 aliphatic carbocycles. The summed E-state index contributed by atoms with van der Waals surface area (Å²) in [6.45, 7) is 0. The number of aromatic nitrogens is 2. The Kier molecular flexibility index (Phi) is 3.25. The van der Waals surface area contributed by atoms with Crippen LogP contribution in [0.1, 0.15) is 10.4 Å². The van der Waals surface area contributed by atoms with Crippen molar-refractivity contribution in [1.29, 1.82) is 0 Å². The van der Waals surface area contributed by atoms with Gasteiger partial charge >= 0.3 is 5.97 Å². The number of rotatable bonds is 2. The number of halogens is 2. The van der Waals surface area contributed by atoms with E-state index in [0.717, 1.165) is 11.1 Å². The van der Waals surface area contributed by atoms with Gasteiger partial charge in [0.25, 0.3) is 0 Å². The zero-order valence-electron chi connectivity index (χ0n) is 11.0. The molecule has 1 N–H and O–H groups in total. The summed E-state index contributed by atoms with van der Waals surface area (Å²) in [6, 6.07) is 9.43. The maximum Gasteiger partial charge on any atom is 0.335 e. The summed E-state index contributed by atoms with van der Waals surface area (Å²) in [6.07, 6.45) is 0. The summed E-state index contributed by atoms with van der Waals surface area (Å²) < 4.78 is 15.5. The van der Waals surface area contributed by atoms with Crippen LogP contribution in [0.4, 0.5) is 4.39 Å². The minimum Gasteiger partial charge on any atom is -0.478 e. The van der Waals surface area contributed by atoms with E-state index in [1.54, 1.807) is 18.2 Å². The van der Waals surface area contributed by atoms with Gasteiger partial charge in [-0.3, -0.25) is 0 Å². The van der Waals surface area contributed by atoms with E-state index in [4.69, 9.17) is 5.11 Å². The van der Waals surface area contributed by atoms with E-state index in [2.05, 4.69) is 20.9 Å². The number of carbonyl (C=O) groups is 1. The highest BCUT2D eigenvalue weighted by atomic mass is 79.9. The Bertz CT molecular complexity index is 873. The minimum atomic E-state index is -0.992. The molecule has 4 nitrogen and oxygen atoms in total. The molecule has 0 bridgehead atoms. The molecular weight excluding hydrogens is 339 g/mol. The van der Waals surface area contributed by atoms with Gasteiger partial charge in [0.1, 0.15) is 11.6 Å². The minimum absolute atomic E-state index is 0.187. The van der Waals surface area contributed by atoms with Crippen molar-refractivity contribution in [3.63, 3.8) is 0 Å². The first-order valence-electron chi connectivity index (χ1n) is 6.12. The SMILES string of the molecule is Cn1c(-c2ccc(F)c(Br)c2)nc2cc(C(=O)O)ccc21. The summed E-state index contributed by atoms with van der Waals surface area (Å²) in [7, 11) is 1.84. The van der Waals surface area contributed by atoms with Gasteiger partial charge in [-0.1, -0.05) is 0 Å². The van der Waals surface area contributed by atoms with Crippen LogP contribution in [0.5, 0.6) is 0 Å². The normalized spacial score (nSPS) is 11.0. The van der Waals surface area contributed by atoms with Crippen LogP contribution in [0.25, 0.3) is 22.4 Å². The van der Waals surface area contributed by atoms with Crippen LogP contribution in [-0.2, 0) is 7.05 Å². The number of imidazole rings is 1. The first-order chi connectivity index (χ1) is 9.97. The van der Waals surface area contributed by atoms with Crippen molar-refractivity contribution >= 4 is 32.9 Å². The first kappa shape index (κ1) is 13.8. The van der Waals surface area contributed by atoms with E-state index in [-0.39, 0.29) is 11.4 Å². The van der Waals surface area contributed by atoms with Gasteiger partial charge in [-0.2, -0.15) is 0 Å². The van der Waals surface area contributed by atoms with Crippen molar-refractivity contribution in [2.24, 2.45) is 7.05 Å². The Balaban J connectivity index is 2.21. The fourth-order valence-electron chi connectivity index (χ4n) is 2.23. The molecule has 0 amide bonds. The second kappa shape index (κ2) is 4.96. The third-order valence-electron chi connectivity index (χ3n) is 3.31. The number of hydrogen-bond donors (Lipinski definition) is 1. The number of carboxylic acids is 1. The zero-order chi connectivity index (χ0) is 15.1. The lowest BCUT2D eigenvalue weighted by atomic mass is 10.2. The molecule has 21 heavy (non-hydrogen) atoms. The molecule has 0 fully saturated rings. The van der Waals surface area contributed by atoms with Gasteiger partial charge < -0.3 is 9.67 Å². The highest BCUT2D eigenvalue weighted by Crippen LogP contribution is 2.27. The lowest BCUT2D eigenvalue weighted by Gasteiger charge is -2.03. The largest absolute Gasteiger partial charge is 0.478 e. The monoisotopic (exact) mass is 348 g/mol. The van der Waals surface area contributed by atoms with Gasteiger partial charge in [0, 0.05) is 12.6 Å². The zero-order valence-corrected chi connectivity index (χ0v) is 12.6. The molecule has 1 heterocycles. The molecular formula is C15H10BrFN2O2. The van der Waals surface area contributed by atoms with E-state index in [1.165, 1.54) is 18.2 Å². The lowest BCUT2D eigenvalue weighted by Crippen LogP contribution is -1.96. The number of benzene rings is 2. The van der Waals surface area contributed by atoms with E-state index in [1.807, 2.05) is 11.6 Å².